The Morgan fingerprint density at radius 3 is 2.94 bits per heavy atom. The van der Waals surface area contributed by atoms with Crippen LogP contribution in [0.1, 0.15) is 19.7 Å². The number of rotatable bonds is 8. The lowest BCUT2D eigenvalue weighted by molar-refractivity contribution is 0.00555. The largest absolute Gasteiger partial charge is 0.439 e. The smallest absolute Gasteiger partial charge is 0.209 e. The molecule has 1 aromatic carbocycles. The predicted molar refractivity (Wildman–Crippen MR) is 127 cm³/mol. The van der Waals surface area contributed by atoms with Crippen LogP contribution in [0.25, 0.3) is 11.1 Å². The van der Waals surface area contributed by atoms with E-state index in [4.69, 9.17) is 4.42 Å². The summed E-state index contributed by atoms with van der Waals surface area (Å²) in [7, 11) is 3.96. The van der Waals surface area contributed by atoms with E-state index >= 15 is 0 Å². The summed E-state index contributed by atoms with van der Waals surface area (Å²) in [6, 6.07) is 5.80. The summed E-state index contributed by atoms with van der Waals surface area (Å²) in [6.07, 6.45) is 11.9. The van der Waals surface area contributed by atoms with Crippen LogP contribution in [-0.4, -0.2) is 63.5 Å². The Hall–Kier alpha value is -3.07. The summed E-state index contributed by atoms with van der Waals surface area (Å²) in [6.45, 7) is 9.57. The van der Waals surface area contributed by atoms with Crippen molar-refractivity contribution < 1.29 is 9.52 Å². The van der Waals surface area contributed by atoms with Gasteiger partial charge in [0.05, 0.1) is 6.54 Å². The van der Waals surface area contributed by atoms with Crippen molar-refractivity contribution in [3.8, 4) is 0 Å². The van der Waals surface area contributed by atoms with Crippen molar-refractivity contribution in [2.24, 2.45) is 0 Å². The Labute approximate surface area is 189 Å². The van der Waals surface area contributed by atoms with Crippen LogP contribution in [0.4, 0.5) is 5.69 Å². The topological polar surface area (TPSA) is 80.0 Å². The number of hydrazine groups is 1. The zero-order chi connectivity index (χ0) is 22.9. The van der Waals surface area contributed by atoms with Crippen molar-refractivity contribution in [1.82, 2.24) is 25.2 Å². The molecule has 4 rings (SSSR count). The lowest BCUT2D eigenvalue weighted by Gasteiger charge is -2.47. The third-order valence-electron chi connectivity index (χ3n) is 5.57. The van der Waals surface area contributed by atoms with Gasteiger partial charge in [0.15, 0.2) is 11.2 Å². The van der Waals surface area contributed by atoms with E-state index < -0.39 is 11.3 Å². The van der Waals surface area contributed by atoms with Gasteiger partial charge in [0.1, 0.15) is 16.9 Å². The minimum atomic E-state index is -1.14. The Kier molecular flexibility index (Phi) is 5.85. The lowest BCUT2D eigenvalue weighted by atomic mass is 9.88. The molecule has 2 aliphatic heterocycles. The number of hydrogen-bond donors (Lipinski definition) is 3. The highest BCUT2D eigenvalue weighted by Gasteiger charge is 2.44. The fourth-order valence-electron chi connectivity index (χ4n) is 3.90. The molecule has 32 heavy (non-hydrogen) atoms. The highest BCUT2D eigenvalue weighted by molar-refractivity contribution is 5.77. The Bertz CT molecular complexity index is 1080. The van der Waals surface area contributed by atoms with Gasteiger partial charge in [-0.15, -0.1) is 6.58 Å². The molecule has 0 bridgehead atoms. The molecule has 0 spiro atoms. The monoisotopic (exact) mass is 436 g/mol. The molecule has 0 radical (unpaired) electrons. The van der Waals surface area contributed by atoms with Gasteiger partial charge in [0.2, 0.25) is 5.89 Å². The van der Waals surface area contributed by atoms with Gasteiger partial charge >= 0.3 is 0 Å². The Morgan fingerprint density at radius 1 is 1.41 bits per heavy atom. The molecule has 0 aliphatic carbocycles. The first-order chi connectivity index (χ1) is 15.2. The zero-order valence-electron chi connectivity index (χ0n) is 19.2. The normalized spacial score (nSPS) is 21.3. The molecule has 1 unspecified atom stereocenters. The van der Waals surface area contributed by atoms with Gasteiger partial charge in [-0.3, -0.25) is 5.01 Å². The van der Waals surface area contributed by atoms with E-state index in [0.29, 0.717) is 18.0 Å². The second-order valence-electron chi connectivity index (χ2n) is 8.95. The summed E-state index contributed by atoms with van der Waals surface area (Å²) in [4.78, 5) is 6.56. The average Bonchev–Trinajstić information content (AvgIpc) is 3.33. The van der Waals surface area contributed by atoms with E-state index in [1.165, 1.54) is 0 Å². The molecule has 1 atom stereocenters. The molecule has 8 nitrogen and oxygen atoms in total. The first-order valence-corrected chi connectivity index (χ1v) is 10.7. The van der Waals surface area contributed by atoms with Crippen LogP contribution in [0.15, 0.2) is 71.6 Å². The zero-order valence-corrected chi connectivity index (χ0v) is 19.2. The summed E-state index contributed by atoms with van der Waals surface area (Å²) in [5.41, 5.74) is 0.230. The molecule has 1 aromatic heterocycles. The molecule has 3 N–H and O–H groups in total. The van der Waals surface area contributed by atoms with Gasteiger partial charge in [-0.25, -0.2) is 9.99 Å². The van der Waals surface area contributed by atoms with Crippen LogP contribution in [0.2, 0.25) is 0 Å². The first kappa shape index (κ1) is 22.1. The van der Waals surface area contributed by atoms with Crippen molar-refractivity contribution in [3.63, 3.8) is 0 Å². The van der Waals surface area contributed by atoms with E-state index in [0.717, 1.165) is 30.1 Å². The molecular formula is C24H32N6O2. The number of fused-ring (bicyclic) bond motifs is 1. The Morgan fingerprint density at radius 2 is 2.22 bits per heavy atom. The molecule has 2 aromatic rings. The fourth-order valence-corrected chi connectivity index (χ4v) is 3.90. The van der Waals surface area contributed by atoms with E-state index in [1.54, 1.807) is 13.8 Å². The first-order valence-electron chi connectivity index (χ1n) is 10.7. The highest BCUT2D eigenvalue weighted by Crippen LogP contribution is 2.32. The average molecular weight is 437 g/mol. The molecule has 170 valence electrons. The minimum absolute atomic E-state index is 0.633. The number of nitrogens with one attached hydrogen (secondary N) is 2. The number of anilines is 1. The third kappa shape index (κ3) is 4.29. The number of nitrogens with zero attached hydrogens (tertiary/aromatic N) is 4. The number of benzene rings is 1. The summed E-state index contributed by atoms with van der Waals surface area (Å²) in [5, 5.41) is 22.4. The van der Waals surface area contributed by atoms with Crippen LogP contribution < -0.4 is 10.6 Å². The van der Waals surface area contributed by atoms with Crippen molar-refractivity contribution >= 4 is 16.8 Å². The number of dihydropyridines is 1. The molecular weight excluding hydrogens is 404 g/mol. The van der Waals surface area contributed by atoms with Gasteiger partial charge in [-0.1, -0.05) is 18.2 Å². The quantitative estimate of drug-likeness (QED) is 0.545. The van der Waals surface area contributed by atoms with Gasteiger partial charge in [0, 0.05) is 31.0 Å². The standard InChI is InChI=1S/C24H32N6O2/c1-6-13-29-14-8-15-30(29)21-9-7-12-24(27-21,23(2,3)31)26-18-10-11-19-20(16-18)32-22(25-19)17-28(4)5/h6-12,15-16,26-27,31H,1,13-14,17H2,2-5H3. The van der Waals surface area contributed by atoms with Crippen molar-refractivity contribution in [2.45, 2.75) is 31.7 Å². The van der Waals surface area contributed by atoms with E-state index in [-0.39, 0.29) is 0 Å². The maximum atomic E-state index is 11.2. The van der Waals surface area contributed by atoms with Crippen LogP contribution in [0.3, 0.4) is 0 Å². The molecule has 0 saturated heterocycles. The second-order valence-corrected chi connectivity index (χ2v) is 8.95. The van der Waals surface area contributed by atoms with E-state index in [2.05, 4.69) is 33.3 Å². The number of hydrogen-bond acceptors (Lipinski definition) is 8. The van der Waals surface area contributed by atoms with E-state index in [1.807, 2.05) is 72.7 Å². The Balaban J connectivity index is 1.62. The molecule has 0 amide bonds. The van der Waals surface area contributed by atoms with Crippen molar-refractivity contribution in [1.29, 1.82) is 0 Å². The van der Waals surface area contributed by atoms with Gasteiger partial charge < -0.3 is 25.1 Å². The van der Waals surface area contributed by atoms with Crippen LogP contribution >= 0.6 is 0 Å². The molecule has 0 fully saturated rings. The number of oxazole rings is 1. The molecule has 2 aliphatic rings. The van der Waals surface area contributed by atoms with Gasteiger partial charge in [-0.2, -0.15) is 0 Å². The summed E-state index contributed by atoms with van der Waals surface area (Å²) in [5.74, 6) is 1.52. The molecule has 3 heterocycles. The summed E-state index contributed by atoms with van der Waals surface area (Å²) < 4.78 is 5.93. The second kappa shape index (κ2) is 8.46. The number of aromatic nitrogens is 1. The van der Waals surface area contributed by atoms with Crippen LogP contribution in [0, 0.1) is 0 Å². The van der Waals surface area contributed by atoms with Gasteiger partial charge in [0.25, 0.3) is 0 Å². The number of allylic oxidation sites excluding steroid dienone is 2. The van der Waals surface area contributed by atoms with Gasteiger partial charge in [-0.05, 0) is 52.2 Å². The predicted octanol–water partition coefficient (Wildman–Crippen LogP) is 3.00. The maximum absolute atomic E-state index is 11.2. The highest BCUT2D eigenvalue weighted by atomic mass is 16.3. The molecule has 8 heteroatoms. The number of aliphatic hydroxyl groups is 1. The van der Waals surface area contributed by atoms with Crippen molar-refractivity contribution in [3.05, 3.63) is 73.1 Å². The van der Waals surface area contributed by atoms with E-state index in [9.17, 15) is 5.11 Å². The fraction of sp³-hybridized carbons (Fsp3) is 0.375. The maximum Gasteiger partial charge on any atom is 0.209 e. The minimum Gasteiger partial charge on any atom is -0.439 e. The summed E-state index contributed by atoms with van der Waals surface area (Å²) >= 11 is 0. The SMILES string of the molecule is C=CCN1CC=CN1C1=CC=CC(Nc2ccc3nc(CN(C)C)oc3c2)(C(C)(C)O)N1. The van der Waals surface area contributed by atoms with Crippen LogP contribution in [-0.2, 0) is 6.54 Å². The molecule has 0 saturated carbocycles. The van der Waals surface area contributed by atoms with Crippen LogP contribution in [0.5, 0.6) is 0 Å². The van der Waals surface area contributed by atoms with Crippen molar-refractivity contribution in [2.75, 3.05) is 32.5 Å². The third-order valence-corrected chi connectivity index (χ3v) is 5.57. The lowest BCUT2D eigenvalue weighted by Crippen LogP contribution is -2.65.